The standard InChI is InChI=1S/C21H23N5/c1-2-20-17(14-23-24-20)15-25-11-5-6-12-26(25)21-10-9-16(13-22)18-7-3-4-8-19(18)21/h3-4,7-10,14H,2,5-6,11-12,15H2,1H3,(H,23,24). The molecule has 4 rings (SSSR count). The molecule has 3 aromatic rings. The van der Waals surface area contributed by atoms with Crippen molar-refractivity contribution in [3.63, 3.8) is 0 Å². The number of hydrogen-bond donors (Lipinski definition) is 1. The number of nitrogens with one attached hydrogen (secondary N) is 1. The van der Waals surface area contributed by atoms with Crippen LogP contribution in [0.4, 0.5) is 5.69 Å². The van der Waals surface area contributed by atoms with E-state index in [0.29, 0.717) is 0 Å². The fraction of sp³-hybridized carbons (Fsp3) is 0.333. The summed E-state index contributed by atoms with van der Waals surface area (Å²) in [7, 11) is 0. The fourth-order valence-corrected chi connectivity index (χ4v) is 3.84. The van der Waals surface area contributed by atoms with Crippen LogP contribution in [0.2, 0.25) is 0 Å². The topological polar surface area (TPSA) is 59.0 Å². The van der Waals surface area contributed by atoms with Gasteiger partial charge in [0.2, 0.25) is 0 Å². The maximum Gasteiger partial charge on any atom is 0.0998 e. The number of aromatic amines is 1. The van der Waals surface area contributed by atoms with Crippen molar-refractivity contribution in [2.45, 2.75) is 32.7 Å². The van der Waals surface area contributed by atoms with Gasteiger partial charge in [-0.1, -0.05) is 31.2 Å². The molecule has 5 heteroatoms. The van der Waals surface area contributed by atoms with E-state index in [2.05, 4.69) is 45.3 Å². The zero-order valence-electron chi connectivity index (χ0n) is 15.1. The van der Waals surface area contributed by atoms with Gasteiger partial charge in [-0.05, 0) is 31.4 Å². The molecule has 1 fully saturated rings. The van der Waals surface area contributed by atoms with Gasteiger partial charge in [0.05, 0.1) is 23.5 Å². The number of aryl methyl sites for hydroxylation is 1. The highest BCUT2D eigenvalue weighted by molar-refractivity contribution is 5.97. The third-order valence-electron chi connectivity index (χ3n) is 5.19. The van der Waals surface area contributed by atoms with Crippen LogP contribution in [0.3, 0.4) is 0 Å². The van der Waals surface area contributed by atoms with Crippen molar-refractivity contribution in [2.24, 2.45) is 0 Å². The van der Waals surface area contributed by atoms with Crippen molar-refractivity contribution >= 4 is 16.5 Å². The maximum atomic E-state index is 9.43. The number of rotatable bonds is 4. The molecule has 2 aromatic carbocycles. The first kappa shape index (κ1) is 16.6. The highest BCUT2D eigenvalue weighted by atomic mass is 15.6. The Morgan fingerprint density at radius 2 is 1.92 bits per heavy atom. The van der Waals surface area contributed by atoms with Gasteiger partial charge in [-0.3, -0.25) is 5.10 Å². The van der Waals surface area contributed by atoms with Crippen LogP contribution in [0.1, 0.15) is 36.6 Å². The average molecular weight is 345 g/mol. The van der Waals surface area contributed by atoms with Crippen molar-refractivity contribution in [3.8, 4) is 6.07 Å². The Bertz CT molecular complexity index is 952. The van der Waals surface area contributed by atoms with E-state index in [1.807, 2.05) is 30.5 Å². The molecule has 0 bridgehead atoms. The number of fused-ring (bicyclic) bond motifs is 1. The van der Waals surface area contributed by atoms with E-state index < -0.39 is 0 Å². The summed E-state index contributed by atoms with van der Waals surface area (Å²) in [5.41, 5.74) is 4.38. The van der Waals surface area contributed by atoms with Crippen LogP contribution in [0, 0.1) is 11.3 Å². The van der Waals surface area contributed by atoms with Crippen LogP contribution in [0.25, 0.3) is 10.8 Å². The number of aromatic nitrogens is 2. The van der Waals surface area contributed by atoms with Crippen molar-refractivity contribution in [1.82, 2.24) is 15.2 Å². The second-order valence-corrected chi connectivity index (χ2v) is 6.74. The quantitative estimate of drug-likeness (QED) is 0.776. The molecule has 0 amide bonds. The minimum absolute atomic E-state index is 0.732. The third kappa shape index (κ3) is 2.93. The molecule has 1 aliphatic heterocycles. The van der Waals surface area contributed by atoms with E-state index in [0.717, 1.165) is 42.4 Å². The van der Waals surface area contributed by atoms with Crippen LogP contribution >= 0.6 is 0 Å². The van der Waals surface area contributed by atoms with Gasteiger partial charge >= 0.3 is 0 Å². The molecule has 1 aromatic heterocycles. The average Bonchev–Trinajstić information content (AvgIpc) is 3.15. The summed E-state index contributed by atoms with van der Waals surface area (Å²) in [6.45, 7) is 5.03. The lowest BCUT2D eigenvalue weighted by molar-refractivity contribution is 0.204. The number of hydrazine groups is 1. The summed E-state index contributed by atoms with van der Waals surface area (Å²) < 4.78 is 0. The summed E-state index contributed by atoms with van der Waals surface area (Å²) in [6.07, 6.45) is 5.28. The van der Waals surface area contributed by atoms with Gasteiger partial charge < -0.3 is 5.01 Å². The number of hydrogen-bond acceptors (Lipinski definition) is 4. The molecule has 1 N–H and O–H groups in total. The molecule has 0 radical (unpaired) electrons. The van der Waals surface area contributed by atoms with Gasteiger partial charge in [0.1, 0.15) is 0 Å². The monoisotopic (exact) mass is 345 g/mol. The molecule has 0 spiro atoms. The second-order valence-electron chi connectivity index (χ2n) is 6.74. The molecular weight excluding hydrogens is 322 g/mol. The zero-order chi connectivity index (χ0) is 17.9. The first-order valence-electron chi connectivity index (χ1n) is 9.27. The normalized spacial score (nSPS) is 15.3. The third-order valence-corrected chi connectivity index (χ3v) is 5.19. The summed E-state index contributed by atoms with van der Waals surface area (Å²) in [5, 5.41) is 23.7. The molecule has 0 atom stereocenters. The van der Waals surface area contributed by atoms with Gasteiger partial charge in [-0.15, -0.1) is 0 Å². The number of nitriles is 1. The molecule has 2 heterocycles. The predicted molar refractivity (Wildman–Crippen MR) is 104 cm³/mol. The van der Waals surface area contributed by atoms with E-state index >= 15 is 0 Å². The lowest BCUT2D eigenvalue weighted by Crippen LogP contribution is -2.47. The Morgan fingerprint density at radius 3 is 2.73 bits per heavy atom. The lowest BCUT2D eigenvalue weighted by atomic mass is 10.0. The van der Waals surface area contributed by atoms with E-state index in [1.165, 1.54) is 29.8 Å². The number of nitrogens with zero attached hydrogens (tertiary/aromatic N) is 4. The van der Waals surface area contributed by atoms with Crippen LogP contribution in [0.15, 0.2) is 42.6 Å². The Morgan fingerprint density at radius 1 is 1.12 bits per heavy atom. The Balaban J connectivity index is 1.73. The Kier molecular flexibility index (Phi) is 4.59. The molecule has 1 aliphatic rings. The number of H-pyrrole nitrogens is 1. The number of benzene rings is 2. The molecule has 0 aliphatic carbocycles. The fourth-order valence-electron chi connectivity index (χ4n) is 3.84. The van der Waals surface area contributed by atoms with Crippen LogP contribution in [-0.2, 0) is 13.0 Å². The van der Waals surface area contributed by atoms with Crippen LogP contribution in [0.5, 0.6) is 0 Å². The molecule has 0 saturated carbocycles. The minimum atomic E-state index is 0.732. The largest absolute Gasteiger partial charge is 0.305 e. The molecule has 132 valence electrons. The van der Waals surface area contributed by atoms with Gasteiger partial charge in [0, 0.05) is 41.7 Å². The van der Waals surface area contributed by atoms with Gasteiger partial charge in [0.25, 0.3) is 0 Å². The summed E-state index contributed by atoms with van der Waals surface area (Å²) in [5.74, 6) is 0. The van der Waals surface area contributed by atoms with E-state index in [1.54, 1.807) is 0 Å². The smallest absolute Gasteiger partial charge is 0.0998 e. The maximum absolute atomic E-state index is 9.43. The van der Waals surface area contributed by atoms with Crippen molar-refractivity contribution < 1.29 is 0 Å². The first-order valence-corrected chi connectivity index (χ1v) is 9.27. The molecule has 5 nitrogen and oxygen atoms in total. The van der Waals surface area contributed by atoms with Gasteiger partial charge in [-0.2, -0.15) is 10.4 Å². The molecule has 0 unspecified atom stereocenters. The first-order chi connectivity index (χ1) is 12.8. The molecule has 26 heavy (non-hydrogen) atoms. The van der Waals surface area contributed by atoms with Gasteiger partial charge in [0.15, 0.2) is 0 Å². The van der Waals surface area contributed by atoms with Crippen LogP contribution in [-0.4, -0.2) is 28.3 Å². The summed E-state index contributed by atoms with van der Waals surface area (Å²) in [6, 6.07) is 14.6. The van der Waals surface area contributed by atoms with Crippen molar-refractivity contribution in [1.29, 1.82) is 5.26 Å². The minimum Gasteiger partial charge on any atom is -0.305 e. The second kappa shape index (κ2) is 7.19. The van der Waals surface area contributed by atoms with Crippen molar-refractivity contribution in [3.05, 3.63) is 59.4 Å². The summed E-state index contributed by atoms with van der Waals surface area (Å²) in [4.78, 5) is 0. The molecule has 1 saturated heterocycles. The van der Waals surface area contributed by atoms with E-state index in [9.17, 15) is 5.26 Å². The van der Waals surface area contributed by atoms with E-state index in [4.69, 9.17) is 0 Å². The highest BCUT2D eigenvalue weighted by Crippen LogP contribution is 2.32. The Hall–Kier alpha value is -2.84. The zero-order valence-corrected chi connectivity index (χ0v) is 15.1. The van der Waals surface area contributed by atoms with Crippen LogP contribution < -0.4 is 5.01 Å². The highest BCUT2D eigenvalue weighted by Gasteiger charge is 2.23. The van der Waals surface area contributed by atoms with Crippen molar-refractivity contribution in [2.75, 3.05) is 18.1 Å². The van der Waals surface area contributed by atoms with Gasteiger partial charge in [-0.25, -0.2) is 5.01 Å². The number of anilines is 1. The SMILES string of the molecule is CCc1[nH]ncc1CN1CCCCN1c1ccc(C#N)c2ccccc12. The predicted octanol–water partition coefficient (Wildman–Crippen LogP) is 4.01. The van der Waals surface area contributed by atoms with E-state index in [-0.39, 0.29) is 0 Å². The lowest BCUT2D eigenvalue weighted by Gasteiger charge is -2.41. The molecular formula is C21H23N5. The Labute approximate surface area is 153 Å². The summed E-state index contributed by atoms with van der Waals surface area (Å²) >= 11 is 0.